The average Bonchev–Trinajstić information content (AvgIpc) is 3.24. The maximum absolute atomic E-state index is 12.5. The van der Waals surface area contributed by atoms with Crippen LogP contribution in [-0.2, 0) is 14.3 Å². The van der Waals surface area contributed by atoms with Crippen molar-refractivity contribution in [3.8, 4) is 0 Å². The van der Waals surface area contributed by atoms with Crippen molar-refractivity contribution in [3.63, 3.8) is 0 Å². The van der Waals surface area contributed by atoms with Gasteiger partial charge in [0.25, 0.3) is 0 Å². The number of hydrogen-bond acceptors (Lipinski definition) is 7. The van der Waals surface area contributed by atoms with E-state index in [0.717, 1.165) is 0 Å². The van der Waals surface area contributed by atoms with Crippen molar-refractivity contribution < 1.29 is 34.0 Å². The Bertz CT molecular complexity index is 827. The topological polar surface area (TPSA) is 109 Å². The zero-order chi connectivity index (χ0) is 19.0. The van der Waals surface area contributed by atoms with Gasteiger partial charge in [-0.3, -0.25) is 0 Å². The quantitative estimate of drug-likeness (QED) is 0.539. The molecule has 0 unspecified atom stereocenters. The van der Waals surface area contributed by atoms with Gasteiger partial charge < -0.3 is 29.2 Å². The lowest BCUT2D eigenvalue weighted by Gasteiger charge is -2.62. The smallest absolute Gasteiger partial charge is 0.334 e. The van der Waals surface area contributed by atoms with Gasteiger partial charge in [-0.05, 0) is 30.9 Å². The van der Waals surface area contributed by atoms with E-state index in [9.17, 15) is 20.1 Å². The van der Waals surface area contributed by atoms with E-state index in [1.165, 1.54) is 12.5 Å². The minimum atomic E-state index is -1.19. The van der Waals surface area contributed by atoms with E-state index < -0.39 is 41.4 Å². The predicted molar refractivity (Wildman–Crippen MR) is 90.9 cm³/mol. The Kier molecular flexibility index (Phi) is 3.53. The normalized spacial score (nSPS) is 43.7. The molecule has 3 fully saturated rings. The number of aliphatic hydroxyl groups is 3. The molecular weight excluding hydrogens is 352 g/mol. The Morgan fingerprint density at radius 3 is 2.93 bits per heavy atom. The summed E-state index contributed by atoms with van der Waals surface area (Å²) in [6.07, 6.45) is 2.05. The molecule has 2 saturated heterocycles. The highest BCUT2D eigenvalue weighted by Crippen LogP contribution is 2.68. The Morgan fingerprint density at radius 1 is 1.37 bits per heavy atom. The number of carbonyl (C=O) groups is 1. The third-order valence-electron chi connectivity index (χ3n) is 7.09. The molecule has 2 aliphatic carbocycles. The Hall–Kier alpha value is -1.93. The number of ether oxygens (including phenoxy) is 2. The van der Waals surface area contributed by atoms with Crippen molar-refractivity contribution in [1.29, 1.82) is 0 Å². The van der Waals surface area contributed by atoms with Crippen LogP contribution in [0.5, 0.6) is 0 Å². The predicted octanol–water partition coefficient (Wildman–Crippen LogP) is 1.22. The summed E-state index contributed by atoms with van der Waals surface area (Å²) in [5, 5.41) is 32.2. The van der Waals surface area contributed by atoms with E-state index in [2.05, 4.69) is 6.58 Å². The number of furan rings is 1. The number of carbonyl (C=O) groups excluding carboxylic acids is 1. The molecule has 7 nitrogen and oxygen atoms in total. The molecule has 3 N–H and O–H groups in total. The minimum absolute atomic E-state index is 0.143. The maximum Gasteiger partial charge on any atom is 0.334 e. The summed E-state index contributed by atoms with van der Waals surface area (Å²) in [6, 6.07) is 1.67. The van der Waals surface area contributed by atoms with Gasteiger partial charge >= 0.3 is 5.97 Å². The van der Waals surface area contributed by atoms with Gasteiger partial charge in [-0.15, -0.1) is 0 Å². The van der Waals surface area contributed by atoms with Crippen LogP contribution in [0.15, 0.2) is 46.8 Å². The van der Waals surface area contributed by atoms with Crippen molar-refractivity contribution in [2.24, 2.45) is 16.7 Å². The van der Waals surface area contributed by atoms with Crippen molar-refractivity contribution in [2.45, 2.75) is 43.9 Å². The Balaban J connectivity index is 1.64. The molecular formula is C20H22O7. The number of rotatable bonds is 3. The van der Waals surface area contributed by atoms with E-state index in [0.29, 0.717) is 29.6 Å². The highest BCUT2D eigenvalue weighted by Gasteiger charge is 2.72. The first-order valence-corrected chi connectivity index (χ1v) is 9.19. The molecule has 7 atom stereocenters. The van der Waals surface area contributed by atoms with Crippen LogP contribution in [-0.4, -0.2) is 46.4 Å². The van der Waals surface area contributed by atoms with Gasteiger partial charge in [-0.1, -0.05) is 12.2 Å². The lowest BCUT2D eigenvalue weighted by molar-refractivity contribution is -0.284. The molecule has 1 aromatic heterocycles. The lowest BCUT2D eigenvalue weighted by Crippen LogP contribution is -2.66. The summed E-state index contributed by atoms with van der Waals surface area (Å²) in [6.45, 7) is 4.32. The Labute approximate surface area is 155 Å². The van der Waals surface area contributed by atoms with Crippen LogP contribution < -0.4 is 0 Å². The second-order valence-corrected chi connectivity index (χ2v) is 8.16. The second kappa shape index (κ2) is 5.54. The summed E-state index contributed by atoms with van der Waals surface area (Å²) < 4.78 is 16.5. The fourth-order valence-electron chi connectivity index (χ4n) is 5.84. The SMILES string of the molecule is C=C1C[C@H]2OC(=O)C3=C[C@@H](O)C[C@@H]4[C@]1(C[C@H](O)c1ccoc1)[C@H](O)OC[C@@]342. The van der Waals surface area contributed by atoms with Crippen LogP contribution in [0.25, 0.3) is 0 Å². The molecule has 3 heterocycles. The summed E-state index contributed by atoms with van der Waals surface area (Å²) in [7, 11) is 0. The van der Waals surface area contributed by atoms with Gasteiger partial charge in [0.2, 0.25) is 0 Å². The fraction of sp³-hybridized carbons (Fsp3) is 0.550. The summed E-state index contributed by atoms with van der Waals surface area (Å²) >= 11 is 0. The molecule has 27 heavy (non-hydrogen) atoms. The number of hydrogen-bond donors (Lipinski definition) is 3. The standard InChI is InChI=1S/C20H22O7/c1-10-4-16-20-9-26-18(24)19(10,7-14(22)11-2-3-25-8-11)15(20)6-12(21)5-13(20)17(23)27-16/h2-3,5,8,12,14-16,18,21-22,24H,1,4,6-7,9H2/t12-,14+,15-,16-,18-,19-,20-/m1/s1. The molecule has 1 saturated carbocycles. The number of aliphatic hydroxyl groups excluding tert-OH is 3. The van der Waals surface area contributed by atoms with Crippen molar-refractivity contribution in [2.75, 3.05) is 6.61 Å². The second-order valence-electron chi connectivity index (χ2n) is 8.16. The van der Waals surface area contributed by atoms with Crippen LogP contribution in [0.1, 0.15) is 30.9 Å². The highest BCUT2D eigenvalue weighted by atomic mass is 16.6. The minimum Gasteiger partial charge on any atom is -0.472 e. The van der Waals surface area contributed by atoms with E-state index in [-0.39, 0.29) is 18.9 Å². The number of esters is 1. The molecule has 144 valence electrons. The Morgan fingerprint density at radius 2 is 2.19 bits per heavy atom. The zero-order valence-electron chi connectivity index (χ0n) is 14.7. The summed E-state index contributed by atoms with van der Waals surface area (Å²) in [4.78, 5) is 12.5. The van der Waals surface area contributed by atoms with Crippen molar-refractivity contribution in [1.82, 2.24) is 0 Å². The molecule has 4 aliphatic rings. The van der Waals surface area contributed by atoms with Crippen LogP contribution in [0.2, 0.25) is 0 Å². The summed E-state index contributed by atoms with van der Waals surface area (Å²) in [5.41, 5.74) is -0.0342. The third-order valence-corrected chi connectivity index (χ3v) is 7.09. The van der Waals surface area contributed by atoms with Gasteiger partial charge in [0.1, 0.15) is 6.10 Å². The van der Waals surface area contributed by atoms with E-state index in [1.807, 2.05) is 0 Å². The molecule has 2 bridgehead atoms. The molecule has 0 amide bonds. The fourth-order valence-corrected chi connectivity index (χ4v) is 5.84. The van der Waals surface area contributed by atoms with E-state index in [4.69, 9.17) is 13.9 Å². The monoisotopic (exact) mass is 374 g/mol. The molecule has 0 aromatic carbocycles. The third kappa shape index (κ3) is 2.03. The van der Waals surface area contributed by atoms with Crippen molar-refractivity contribution in [3.05, 3.63) is 48.0 Å². The lowest BCUT2D eigenvalue weighted by atomic mass is 9.45. The summed E-state index contributed by atoms with van der Waals surface area (Å²) in [5.74, 6) is -0.772. The van der Waals surface area contributed by atoms with Gasteiger partial charge in [0, 0.05) is 23.0 Å². The maximum atomic E-state index is 12.5. The van der Waals surface area contributed by atoms with Crippen molar-refractivity contribution >= 4 is 5.97 Å². The van der Waals surface area contributed by atoms with E-state index in [1.54, 1.807) is 12.1 Å². The van der Waals surface area contributed by atoms with Crippen LogP contribution >= 0.6 is 0 Å². The largest absolute Gasteiger partial charge is 0.472 e. The first kappa shape index (κ1) is 17.2. The molecule has 1 aromatic rings. The van der Waals surface area contributed by atoms with Crippen LogP contribution in [0, 0.1) is 16.7 Å². The van der Waals surface area contributed by atoms with Gasteiger partial charge in [0.15, 0.2) is 6.29 Å². The first-order valence-electron chi connectivity index (χ1n) is 9.19. The zero-order valence-corrected chi connectivity index (χ0v) is 14.7. The average molecular weight is 374 g/mol. The molecule has 0 radical (unpaired) electrons. The molecule has 7 heteroatoms. The van der Waals surface area contributed by atoms with Crippen LogP contribution in [0.4, 0.5) is 0 Å². The van der Waals surface area contributed by atoms with Gasteiger partial charge in [-0.25, -0.2) is 4.79 Å². The highest BCUT2D eigenvalue weighted by molar-refractivity contribution is 5.93. The molecule has 2 aliphatic heterocycles. The molecule has 5 rings (SSSR count). The van der Waals surface area contributed by atoms with E-state index >= 15 is 0 Å². The molecule has 1 spiro atoms. The first-order chi connectivity index (χ1) is 12.9. The van der Waals surface area contributed by atoms with Crippen LogP contribution in [0.3, 0.4) is 0 Å². The van der Waals surface area contributed by atoms with Gasteiger partial charge in [-0.2, -0.15) is 0 Å². The van der Waals surface area contributed by atoms with Gasteiger partial charge in [0.05, 0.1) is 36.8 Å².